The molecule has 9 heteroatoms. The Hall–Kier alpha value is -8.54. The van der Waals surface area contributed by atoms with E-state index >= 15 is 0 Å². The van der Waals surface area contributed by atoms with Crippen molar-refractivity contribution < 1.29 is 23.8 Å². The van der Waals surface area contributed by atoms with Crippen LogP contribution in [0.3, 0.4) is 0 Å². The van der Waals surface area contributed by atoms with Crippen molar-refractivity contribution in [3.63, 3.8) is 0 Å². The molecule has 0 saturated heterocycles. The number of hydrogen-bond acceptors (Lipinski definition) is 6. The SMILES string of the molecule is [C-]#[N+]c1c(C(=O)OC2C(C)CC(C)CC2C)c2nc(-c3ccc(C)cc3C)[nH]n2c1OC(=O)c1ccc(OC#CC#CC#CC#CC#CC#CC#CC#CC#C)cc1. The fourth-order valence-electron chi connectivity index (χ4n) is 6.53. The highest BCUT2D eigenvalue weighted by atomic mass is 16.6. The van der Waals surface area contributed by atoms with Crippen molar-refractivity contribution in [2.45, 2.75) is 53.6 Å². The zero-order chi connectivity index (χ0) is 41.4. The van der Waals surface area contributed by atoms with Gasteiger partial charge in [-0.1, -0.05) is 44.5 Å². The van der Waals surface area contributed by atoms with E-state index in [1.165, 1.54) is 28.8 Å². The van der Waals surface area contributed by atoms with Crippen molar-refractivity contribution in [3.05, 3.63) is 76.1 Å². The lowest BCUT2D eigenvalue weighted by Gasteiger charge is -2.37. The second-order valence-electron chi connectivity index (χ2n) is 13.2. The fraction of sp³-hybridized carbons (Fsp3) is 0.224. The monoisotopic (exact) mass is 756 g/mol. The van der Waals surface area contributed by atoms with Crippen LogP contribution in [0.2, 0.25) is 0 Å². The van der Waals surface area contributed by atoms with Gasteiger partial charge in [0, 0.05) is 52.9 Å². The van der Waals surface area contributed by atoms with E-state index < -0.39 is 11.9 Å². The third-order valence-corrected chi connectivity index (χ3v) is 8.83. The van der Waals surface area contributed by atoms with Crippen LogP contribution in [0.15, 0.2) is 42.5 Å². The molecule has 2 atom stereocenters. The van der Waals surface area contributed by atoms with Gasteiger partial charge in [-0.25, -0.2) is 23.9 Å². The van der Waals surface area contributed by atoms with Gasteiger partial charge in [-0.05, 0) is 122 Å². The molecule has 1 fully saturated rings. The summed E-state index contributed by atoms with van der Waals surface area (Å²) >= 11 is 0. The molecule has 1 saturated carbocycles. The summed E-state index contributed by atoms with van der Waals surface area (Å²) in [6.45, 7) is 18.3. The van der Waals surface area contributed by atoms with E-state index in [2.05, 4.69) is 132 Å². The molecule has 2 heterocycles. The maximum absolute atomic E-state index is 14.0. The van der Waals surface area contributed by atoms with Crippen molar-refractivity contribution in [3.8, 4) is 130 Å². The Morgan fingerprint density at radius 1 is 0.810 bits per heavy atom. The molecule has 0 amide bonds. The lowest BCUT2D eigenvalue weighted by molar-refractivity contribution is -0.0249. The van der Waals surface area contributed by atoms with Gasteiger partial charge in [-0.3, -0.25) is 5.10 Å². The molecule has 278 valence electrons. The molecule has 58 heavy (non-hydrogen) atoms. The number of esters is 2. The Morgan fingerprint density at radius 3 is 1.93 bits per heavy atom. The molecule has 0 aliphatic heterocycles. The van der Waals surface area contributed by atoms with Crippen molar-refractivity contribution >= 4 is 23.3 Å². The first kappa shape index (κ1) is 40.6. The number of aromatic amines is 1. The predicted molar refractivity (Wildman–Crippen MR) is 220 cm³/mol. The average Bonchev–Trinajstić information content (AvgIpc) is 3.74. The Kier molecular flexibility index (Phi) is 13.8. The molecule has 0 bridgehead atoms. The van der Waals surface area contributed by atoms with E-state index in [1.54, 1.807) is 0 Å². The first-order chi connectivity index (χ1) is 28.1. The number of hydrogen-bond donors (Lipinski definition) is 1. The highest BCUT2D eigenvalue weighted by Gasteiger charge is 2.37. The van der Waals surface area contributed by atoms with E-state index in [0.29, 0.717) is 17.5 Å². The Labute approximate surface area is 338 Å². The average molecular weight is 757 g/mol. The standard InChI is InChI=1S/C49H32N4O5/c1-8-9-10-11-12-13-14-15-16-17-18-19-20-21-22-23-30-56-40-27-25-39(26-28-40)48(54)58-47-43(50-7)42(49(55)57-44-37(5)32-35(3)33-38(44)6)46-51-45(52-53(46)47)41-29-24-34(2)31-36(41)4/h1,24-29,31,35,37-38,44H,32-33H2,2-6H3,(H,51,52). The molecule has 1 aliphatic carbocycles. The van der Waals surface area contributed by atoms with Crippen LogP contribution < -0.4 is 9.47 Å². The van der Waals surface area contributed by atoms with Crippen molar-refractivity contribution in [2.75, 3.05) is 0 Å². The summed E-state index contributed by atoms with van der Waals surface area (Å²) in [5.41, 5.74) is 2.80. The van der Waals surface area contributed by atoms with Gasteiger partial charge in [0.05, 0.1) is 12.1 Å². The number of carbonyl (C=O) groups is 2. The van der Waals surface area contributed by atoms with Gasteiger partial charge >= 0.3 is 11.9 Å². The summed E-state index contributed by atoms with van der Waals surface area (Å²) in [6, 6.07) is 11.9. The second kappa shape index (κ2) is 19.7. The number of benzene rings is 2. The number of aromatic nitrogens is 3. The maximum Gasteiger partial charge on any atom is 0.343 e. The van der Waals surface area contributed by atoms with Crippen LogP contribution in [-0.2, 0) is 4.74 Å². The topological polar surface area (TPSA) is 99.3 Å². The van der Waals surface area contributed by atoms with E-state index in [4.69, 9.17) is 32.2 Å². The van der Waals surface area contributed by atoms with Gasteiger partial charge in [0.2, 0.25) is 5.88 Å². The molecule has 9 nitrogen and oxygen atoms in total. The summed E-state index contributed by atoms with van der Waals surface area (Å²) < 4.78 is 18.7. The number of nitrogens with zero attached hydrogens (tertiary/aromatic N) is 3. The second-order valence-corrected chi connectivity index (χ2v) is 13.2. The summed E-state index contributed by atoms with van der Waals surface area (Å²) in [5.74, 6) is 39.2. The number of rotatable bonds is 6. The van der Waals surface area contributed by atoms with Gasteiger partial charge in [0.1, 0.15) is 23.5 Å². The summed E-state index contributed by atoms with van der Waals surface area (Å²) in [5, 5.41) is 3.14. The number of carbonyl (C=O) groups excluding carboxylic acids is 2. The smallest absolute Gasteiger partial charge is 0.343 e. The van der Waals surface area contributed by atoms with Crippen molar-refractivity contribution in [1.82, 2.24) is 14.6 Å². The van der Waals surface area contributed by atoms with E-state index in [1.807, 2.05) is 32.0 Å². The summed E-state index contributed by atoms with van der Waals surface area (Å²) in [6.07, 6.45) is 8.91. The molecule has 2 unspecified atom stereocenters. The van der Waals surface area contributed by atoms with Gasteiger partial charge in [-0.2, -0.15) is 0 Å². The minimum atomic E-state index is -0.781. The predicted octanol–water partition coefficient (Wildman–Crippen LogP) is 6.94. The van der Waals surface area contributed by atoms with Crippen LogP contribution in [0.4, 0.5) is 5.69 Å². The zero-order valence-corrected chi connectivity index (χ0v) is 32.2. The fourth-order valence-corrected chi connectivity index (χ4v) is 6.53. The van der Waals surface area contributed by atoms with Gasteiger partial charge in [0.25, 0.3) is 5.69 Å². The molecule has 1 N–H and O–H groups in total. The quantitative estimate of drug-likeness (QED) is 0.130. The van der Waals surface area contributed by atoms with Gasteiger partial charge in [0.15, 0.2) is 11.5 Å². The minimum absolute atomic E-state index is 0.0744. The highest BCUT2D eigenvalue weighted by Crippen LogP contribution is 2.41. The first-order valence-electron chi connectivity index (χ1n) is 17.9. The largest absolute Gasteiger partial charge is 0.459 e. The van der Waals surface area contributed by atoms with Gasteiger partial charge in [-0.15, -0.1) is 6.42 Å². The first-order valence-corrected chi connectivity index (χ1v) is 17.9. The molecule has 1 aliphatic rings. The molecular weight excluding hydrogens is 725 g/mol. The lowest BCUT2D eigenvalue weighted by atomic mass is 9.75. The van der Waals surface area contributed by atoms with Crippen LogP contribution >= 0.6 is 0 Å². The number of aryl methyl sites for hydroxylation is 2. The lowest BCUT2D eigenvalue weighted by Crippen LogP contribution is -2.37. The minimum Gasteiger partial charge on any atom is -0.459 e. The van der Waals surface area contributed by atoms with Crippen LogP contribution in [0.25, 0.3) is 21.9 Å². The van der Waals surface area contributed by atoms with Crippen LogP contribution in [0.5, 0.6) is 11.6 Å². The van der Waals surface area contributed by atoms with Crippen LogP contribution in [-0.4, -0.2) is 32.6 Å². The Bertz CT molecular complexity index is 2900. The number of ether oxygens (including phenoxy) is 3. The molecule has 2 aromatic heterocycles. The molecular formula is C49H32N4O5. The number of H-pyrrole nitrogens is 1. The van der Waals surface area contributed by atoms with Crippen LogP contribution in [0.1, 0.15) is 65.5 Å². The third-order valence-electron chi connectivity index (χ3n) is 8.83. The van der Waals surface area contributed by atoms with Gasteiger partial charge < -0.3 is 14.2 Å². The molecule has 5 rings (SSSR count). The maximum atomic E-state index is 14.0. The number of nitrogens with one attached hydrogen (secondary N) is 1. The molecule has 4 aromatic rings. The third kappa shape index (κ3) is 10.4. The van der Waals surface area contributed by atoms with E-state index in [9.17, 15) is 9.59 Å². The molecule has 2 aromatic carbocycles. The normalized spacial score (nSPS) is 15.6. The summed E-state index contributed by atoms with van der Waals surface area (Å²) in [7, 11) is 0. The molecule has 0 radical (unpaired) electrons. The van der Waals surface area contributed by atoms with E-state index in [-0.39, 0.29) is 46.3 Å². The number of fused-ring (bicyclic) bond motifs is 1. The summed E-state index contributed by atoms with van der Waals surface area (Å²) in [4.78, 5) is 35.9. The van der Waals surface area contributed by atoms with E-state index in [0.717, 1.165) is 29.5 Å². The Balaban J connectivity index is 1.31. The number of terminal acetylenes is 1. The molecule has 0 spiro atoms. The zero-order valence-electron chi connectivity index (χ0n) is 32.2. The van der Waals surface area contributed by atoms with Crippen LogP contribution in [0, 0.1) is 145 Å². The van der Waals surface area contributed by atoms with Crippen molar-refractivity contribution in [1.29, 1.82) is 0 Å². The Morgan fingerprint density at radius 2 is 1.38 bits per heavy atom. The highest BCUT2D eigenvalue weighted by molar-refractivity contribution is 6.05. The van der Waals surface area contributed by atoms with Crippen molar-refractivity contribution in [2.24, 2.45) is 17.8 Å².